The molecular weight excluding hydrogens is 349 g/mol. The van der Waals surface area contributed by atoms with E-state index in [1.54, 1.807) is 13.0 Å². The van der Waals surface area contributed by atoms with Gasteiger partial charge in [0.1, 0.15) is 0 Å². The molecule has 1 aromatic heterocycles. The zero-order chi connectivity index (χ0) is 18.9. The van der Waals surface area contributed by atoms with E-state index in [4.69, 9.17) is 4.42 Å². The van der Waals surface area contributed by atoms with Gasteiger partial charge < -0.3 is 14.6 Å². The zero-order valence-corrected chi connectivity index (χ0v) is 14.0. The second-order valence-corrected chi connectivity index (χ2v) is 6.24. The number of halogens is 3. The molecule has 2 heterocycles. The van der Waals surface area contributed by atoms with E-state index in [1.807, 2.05) is 0 Å². The van der Waals surface area contributed by atoms with E-state index in [0.29, 0.717) is 5.56 Å². The smallest absolute Gasteiger partial charge is 0.416 e. The van der Waals surface area contributed by atoms with Gasteiger partial charge in [-0.3, -0.25) is 9.59 Å². The van der Waals surface area contributed by atoms with Crippen molar-refractivity contribution >= 4 is 11.8 Å². The van der Waals surface area contributed by atoms with Crippen LogP contribution in [-0.4, -0.2) is 29.3 Å². The highest BCUT2D eigenvalue weighted by molar-refractivity contribution is 5.93. The van der Waals surface area contributed by atoms with Gasteiger partial charge in [0.15, 0.2) is 5.76 Å². The number of hydrogen-bond acceptors (Lipinski definition) is 3. The van der Waals surface area contributed by atoms with Crippen molar-refractivity contribution in [3.05, 3.63) is 59.0 Å². The maximum Gasteiger partial charge on any atom is 0.416 e. The van der Waals surface area contributed by atoms with Gasteiger partial charge in [-0.25, -0.2) is 0 Å². The van der Waals surface area contributed by atoms with Crippen molar-refractivity contribution in [2.45, 2.75) is 32.1 Å². The van der Waals surface area contributed by atoms with Crippen LogP contribution in [0.15, 0.2) is 41.0 Å². The molecular formula is C18H17F3N2O3. The van der Waals surface area contributed by atoms with E-state index in [9.17, 15) is 22.8 Å². The second-order valence-electron chi connectivity index (χ2n) is 6.24. The zero-order valence-electron chi connectivity index (χ0n) is 14.0. The summed E-state index contributed by atoms with van der Waals surface area (Å²) in [6, 6.07) is 6.34. The highest BCUT2D eigenvalue weighted by atomic mass is 19.4. The fourth-order valence-electron chi connectivity index (χ4n) is 3.02. The number of rotatable bonds is 4. The highest BCUT2D eigenvalue weighted by Crippen LogP contribution is 2.32. The van der Waals surface area contributed by atoms with Gasteiger partial charge >= 0.3 is 6.18 Å². The standard InChI is InChI=1S/C18H17F3N2O3/c1-11-6-7-26-16(11)17(25)22-13-8-15(24)23(10-13)9-12-4-2-3-5-14(12)18(19,20)21/h2-7,13H,8-10H2,1H3,(H,22,25)/t13-/m0/s1. The molecule has 5 nitrogen and oxygen atoms in total. The van der Waals surface area contributed by atoms with E-state index in [-0.39, 0.29) is 36.7 Å². The lowest BCUT2D eigenvalue weighted by molar-refractivity contribution is -0.139. The number of nitrogens with zero attached hydrogens (tertiary/aromatic N) is 1. The monoisotopic (exact) mass is 366 g/mol. The molecule has 3 rings (SSSR count). The molecule has 0 radical (unpaired) electrons. The predicted octanol–water partition coefficient (Wildman–Crippen LogP) is 3.14. The maximum atomic E-state index is 13.1. The van der Waals surface area contributed by atoms with Crippen LogP contribution in [0.2, 0.25) is 0 Å². The van der Waals surface area contributed by atoms with Crippen molar-refractivity contribution in [2.75, 3.05) is 6.54 Å². The molecule has 26 heavy (non-hydrogen) atoms. The quantitative estimate of drug-likeness (QED) is 0.904. The lowest BCUT2D eigenvalue weighted by Gasteiger charge is -2.20. The summed E-state index contributed by atoms with van der Waals surface area (Å²) in [6.07, 6.45) is -3.05. The summed E-state index contributed by atoms with van der Waals surface area (Å²) in [4.78, 5) is 25.6. The number of hydrogen-bond donors (Lipinski definition) is 1. The molecule has 2 aromatic rings. The number of nitrogens with one attached hydrogen (secondary N) is 1. The molecule has 2 amide bonds. The van der Waals surface area contributed by atoms with Crippen molar-refractivity contribution in [3.8, 4) is 0 Å². The molecule has 0 saturated carbocycles. The van der Waals surface area contributed by atoms with Crippen molar-refractivity contribution in [2.24, 2.45) is 0 Å². The predicted molar refractivity (Wildman–Crippen MR) is 86.2 cm³/mol. The highest BCUT2D eigenvalue weighted by Gasteiger charge is 2.36. The Hall–Kier alpha value is -2.77. The molecule has 1 aliphatic rings. The molecule has 0 bridgehead atoms. The average molecular weight is 366 g/mol. The number of carbonyl (C=O) groups excluding carboxylic acids is 2. The first kappa shape index (κ1) is 18.0. The largest absolute Gasteiger partial charge is 0.459 e. The van der Waals surface area contributed by atoms with Crippen molar-refractivity contribution in [3.63, 3.8) is 0 Å². The van der Waals surface area contributed by atoms with Gasteiger partial charge in [0, 0.05) is 25.1 Å². The molecule has 1 N–H and O–H groups in total. The fraction of sp³-hybridized carbons (Fsp3) is 0.333. The van der Waals surface area contributed by atoms with Crippen molar-refractivity contribution in [1.82, 2.24) is 10.2 Å². The molecule has 0 unspecified atom stereocenters. The second kappa shape index (κ2) is 6.86. The third-order valence-electron chi connectivity index (χ3n) is 4.30. The van der Waals surface area contributed by atoms with E-state index in [1.165, 1.54) is 29.4 Å². The number of benzene rings is 1. The number of amides is 2. The minimum absolute atomic E-state index is 0.0298. The van der Waals surface area contributed by atoms with Crippen LogP contribution in [0.3, 0.4) is 0 Å². The van der Waals surface area contributed by atoms with Gasteiger partial charge in [0.05, 0.1) is 17.9 Å². The van der Waals surface area contributed by atoms with Crippen LogP contribution in [0.5, 0.6) is 0 Å². The summed E-state index contributed by atoms with van der Waals surface area (Å²) in [5.41, 5.74) is -0.0588. The van der Waals surface area contributed by atoms with Gasteiger partial charge in [-0.05, 0) is 24.6 Å². The van der Waals surface area contributed by atoms with Crippen LogP contribution in [-0.2, 0) is 17.5 Å². The van der Waals surface area contributed by atoms with Gasteiger partial charge in [-0.15, -0.1) is 0 Å². The van der Waals surface area contributed by atoms with Gasteiger partial charge in [-0.2, -0.15) is 13.2 Å². The lowest BCUT2D eigenvalue weighted by Crippen LogP contribution is -2.37. The molecule has 1 atom stereocenters. The van der Waals surface area contributed by atoms with Crippen LogP contribution in [0.4, 0.5) is 13.2 Å². The number of likely N-dealkylation sites (tertiary alicyclic amines) is 1. The lowest BCUT2D eigenvalue weighted by atomic mass is 10.1. The molecule has 8 heteroatoms. The first-order valence-electron chi connectivity index (χ1n) is 8.03. The van der Waals surface area contributed by atoms with Crippen molar-refractivity contribution in [1.29, 1.82) is 0 Å². The first-order chi connectivity index (χ1) is 12.3. The van der Waals surface area contributed by atoms with Crippen LogP contribution in [0, 0.1) is 6.92 Å². The van der Waals surface area contributed by atoms with Crippen molar-refractivity contribution < 1.29 is 27.2 Å². The maximum absolute atomic E-state index is 13.1. The van der Waals surface area contributed by atoms with Crippen LogP contribution in [0.1, 0.15) is 33.7 Å². The molecule has 1 fully saturated rings. The van der Waals surface area contributed by atoms with E-state index >= 15 is 0 Å². The summed E-state index contributed by atoms with van der Waals surface area (Å²) in [6.45, 7) is 1.72. The van der Waals surface area contributed by atoms with Crippen LogP contribution in [0.25, 0.3) is 0 Å². The van der Waals surface area contributed by atoms with Crippen LogP contribution >= 0.6 is 0 Å². The van der Waals surface area contributed by atoms with Gasteiger partial charge in [-0.1, -0.05) is 18.2 Å². The Morgan fingerprint density at radius 3 is 2.69 bits per heavy atom. The number of alkyl halides is 3. The number of carbonyl (C=O) groups is 2. The molecule has 1 saturated heterocycles. The Labute approximate surface area is 147 Å². The fourth-order valence-corrected chi connectivity index (χ4v) is 3.02. The Balaban J connectivity index is 1.68. The Bertz CT molecular complexity index is 829. The summed E-state index contributed by atoms with van der Waals surface area (Å²) in [7, 11) is 0. The van der Waals surface area contributed by atoms with E-state index in [2.05, 4.69) is 5.32 Å². The van der Waals surface area contributed by atoms with E-state index in [0.717, 1.165) is 6.07 Å². The number of furan rings is 1. The molecule has 1 aromatic carbocycles. The Morgan fingerprint density at radius 2 is 2.04 bits per heavy atom. The van der Waals surface area contributed by atoms with E-state index < -0.39 is 23.7 Å². The minimum Gasteiger partial charge on any atom is -0.459 e. The SMILES string of the molecule is Cc1ccoc1C(=O)N[C@H]1CC(=O)N(Cc2ccccc2C(F)(F)F)C1. The summed E-state index contributed by atoms with van der Waals surface area (Å²) in [5.74, 6) is -0.579. The summed E-state index contributed by atoms with van der Waals surface area (Å²) >= 11 is 0. The summed E-state index contributed by atoms with van der Waals surface area (Å²) in [5, 5.41) is 2.70. The molecule has 138 valence electrons. The van der Waals surface area contributed by atoms with Gasteiger partial charge in [0.2, 0.25) is 5.91 Å². The topological polar surface area (TPSA) is 62.6 Å². The number of aryl methyl sites for hydroxylation is 1. The normalized spacial score (nSPS) is 17.6. The minimum atomic E-state index is -4.48. The molecule has 1 aliphatic heterocycles. The summed E-state index contributed by atoms with van der Waals surface area (Å²) < 4.78 is 44.4. The van der Waals surface area contributed by atoms with Crippen LogP contribution < -0.4 is 5.32 Å². The van der Waals surface area contributed by atoms with Gasteiger partial charge in [0.25, 0.3) is 5.91 Å². The average Bonchev–Trinajstić information content (AvgIpc) is 3.13. The third-order valence-corrected chi connectivity index (χ3v) is 4.30. The molecule has 0 spiro atoms. The Kier molecular flexibility index (Phi) is 4.76. The third kappa shape index (κ3) is 3.74. The Morgan fingerprint density at radius 1 is 1.31 bits per heavy atom. The molecule has 0 aliphatic carbocycles. The first-order valence-corrected chi connectivity index (χ1v) is 8.03.